The number of hydrogen-bond acceptors (Lipinski definition) is 6. The summed E-state index contributed by atoms with van der Waals surface area (Å²) in [6, 6.07) is 13.4. The lowest BCUT2D eigenvalue weighted by atomic mass is 10.2. The molecule has 2 rings (SSSR count). The molecule has 140 valence electrons. The zero-order valence-corrected chi connectivity index (χ0v) is 15.3. The van der Waals surface area contributed by atoms with Crippen LogP contribution in [0.1, 0.15) is 25.0 Å². The fourth-order valence-electron chi connectivity index (χ4n) is 2.37. The smallest absolute Gasteiger partial charge is 0.347 e. The van der Waals surface area contributed by atoms with Crippen LogP contribution in [0.25, 0.3) is 0 Å². The molecule has 0 atom stereocenters. The Balaban J connectivity index is 2.29. The minimum Gasteiger partial charge on any atom is -0.462 e. The molecule has 1 N–H and O–H groups in total. The van der Waals surface area contributed by atoms with Gasteiger partial charge in [0.25, 0.3) is 0 Å². The summed E-state index contributed by atoms with van der Waals surface area (Å²) >= 11 is 0. The second-order valence-corrected chi connectivity index (χ2v) is 5.48. The summed E-state index contributed by atoms with van der Waals surface area (Å²) in [7, 11) is 0. The average Bonchev–Trinajstić information content (AvgIpc) is 3.05. The van der Waals surface area contributed by atoms with Crippen molar-refractivity contribution in [2.75, 3.05) is 18.5 Å². The van der Waals surface area contributed by atoms with Gasteiger partial charge in [0.05, 0.1) is 18.8 Å². The predicted octanol–water partition coefficient (Wildman–Crippen LogP) is 2.83. The van der Waals surface area contributed by atoms with E-state index in [2.05, 4.69) is 11.4 Å². The lowest BCUT2D eigenvalue weighted by molar-refractivity contribution is -0.146. The van der Waals surface area contributed by atoms with E-state index in [1.54, 1.807) is 26.1 Å². The summed E-state index contributed by atoms with van der Waals surface area (Å²) in [6.07, 6.45) is 2.94. The van der Waals surface area contributed by atoms with E-state index in [0.29, 0.717) is 17.9 Å². The minimum atomic E-state index is -0.773. The maximum absolute atomic E-state index is 12.0. The Labute approximate surface area is 157 Å². The van der Waals surface area contributed by atoms with Gasteiger partial charge in [0.2, 0.25) is 0 Å². The van der Waals surface area contributed by atoms with Gasteiger partial charge in [-0.25, -0.2) is 9.59 Å². The van der Waals surface area contributed by atoms with Gasteiger partial charge >= 0.3 is 11.9 Å². The molecule has 0 unspecified atom stereocenters. The molecule has 1 heterocycles. The summed E-state index contributed by atoms with van der Waals surface area (Å²) in [5.41, 5.74) is 1.25. The number of ether oxygens (including phenoxy) is 2. The van der Waals surface area contributed by atoms with Crippen molar-refractivity contribution in [2.24, 2.45) is 0 Å². The second kappa shape index (κ2) is 9.82. The molecule has 0 saturated heterocycles. The highest BCUT2D eigenvalue weighted by Crippen LogP contribution is 2.17. The van der Waals surface area contributed by atoms with Crippen molar-refractivity contribution < 1.29 is 19.1 Å². The maximum Gasteiger partial charge on any atom is 0.347 e. The van der Waals surface area contributed by atoms with Crippen molar-refractivity contribution >= 4 is 17.8 Å². The molecule has 0 radical (unpaired) electrons. The first-order chi connectivity index (χ1) is 13.1. The van der Waals surface area contributed by atoms with Crippen LogP contribution in [0.3, 0.4) is 0 Å². The third-order valence-corrected chi connectivity index (χ3v) is 3.58. The Kier molecular flexibility index (Phi) is 7.20. The van der Waals surface area contributed by atoms with Crippen molar-refractivity contribution in [2.45, 2.75) is 20.4 Å². The fraction of sp³-hybridized carbons (Fsp3) is 0.250. The van der Waals surface area contributed by atoms with Crippen LogP contribution >= 0.6 is 0 Å². The molecule has 2 aromatic rings. The molecule has 0 aliphatic rings. The Bertz CT molecular complexity index is 843. The molecular formula is C20H21N3O4. The van der Waals surface area contributed by atoms with Crippen LogP contribution in [0.4, 0.5) is 5.82 Å². The SMILES string of the molecule is CCOC(=O)C(=CNc1cc(C#N)cn1Cc1ccccc1)C(=O)OCC. The van der Waals surface area contributed by atoms with E-state index in [-0.39, 0.29) is 18.8 Å². The van der Waals surface area contributed by atoms with Crippen molar-refractivity contribution in [3.05, 3.63) is 65.5 Å². The van der Waals surface area contributed by atoms with Crippen molar-refractivity contribution in [3.63, 3.8) is 0 Å². The van der Waals surface area contributed by atoms with Gasteiger partial charge in [-0.2, -0.15) is 5.26 Å². The molecule has 0 bridgehead atoms. The van der Waals surface area contributed by atoms with Crippen LogP contribution < -0.4 is 5.32 Å². The summed E-state index contributed by atoms with van der Waals surface area (Å²) in [4.78, 5) is 24.1. The standard InChI is InChI=1S/C20H21N3O4/c1-3-26-19(24)17(20(25)27-4-2)12-22-18-10-16(11-21)14-23(18)13-15-8-6-5-7-9-15/h5-10,12,14,22H,3-4,13H2,1-2H3. The lowest BCUT2D eigenvalue weighted by Gasteiger charge is -2.11. The molecule has 1 aromatic heterocycles. The fourth-order valence-corrected chi connectivity index (χ4v) is 2.37. The first-order valence-corrected chi connectivity index (χ1v) is 8.54. The number of carbonyl (C=O) groups is 2. The molecule has 1 aromatic carbocycles. The number of anilines is 1. The minimum absolute atomic E-state index is 0.137. The number of nitriles is 1. The van der Waals surface area contributed by atoms with Crippen molar-refractivity contribution in [1.82, 2.24) is 4.57 Å². The number of hydrogen-bond donors (Lipinski definition) is 1. The van der Waals surface area contributed by atoms with E-state index in [9.17, 15) is 14.9 Å². The Hall–Kier alpha value is -3.53. The molecule has 27 heavy (non-hydrogen) atoms. The second-order valence-electron chi connectivity index (χ2n) is 5.48. The van der Waals surface area contributed by atoms with E-state index in [0.717, 1.165) is 5.56 Å². The Morgan fingerprint density at radius 1 is 1.15 bits per heavy atom. The van der Waals surface area contributed by atoms with Crippen LogP contribution in [0.15, 0.2) is 54.4 Å². The highest BCUT2D eigenvalue weighted by molar-refractivity contribution is 6.14. The van der Waals surface area contributed by atoms with Crippen molar-refractivity contribution in [1.29, 1.82) is 5.26 Å². The Morgan fingerprint density at radius 3 is 2.33 bits per heavy atom. The number of nitrogens with one attached hydrogen (secondary N) is 1. The number of nitrogens with zero attached hydrogens (tertiary/aromatic N) is 2. The molecule has 7 heteroatoms. The van der Waals surface area contributed by atoms with Gasteiger partial charge in [0.15, 0.2) is 5.57 Å². The predicted molar refractivity (Wildman–Crippen MR) is 99.7 cm³/mol. The van der Waals surface area contributed by atoms with E-state index < -0.39 is 11.9 Å². The van der Waals surface area contributed by atoms with Gasteiger partial charge in [-0.05, 0) is 25.5 Å². The summed E-state index contributed by atoms with van der Waals surface area (Å²) < 4.78 is 11.6. The molecule has 7 nitrogen and oxygen atoms in total. The van der Waals surface area contributed by atoms with Crippen LogP contribution in [-0.2, 0) is 25.6 Å². The largest absolute Gasteiger partial charge is 0.462 e. The summed E-state index contributed by atoms with van der Waals surface area (Å²) in [5, 5.41) is 12.1. The average molecular weight is 367 g/mol. The highest BCUT2D eigenvalue weighted by atomic mass is 16.6. The van der Waals surface area contributed by atoms with Crippen LogP contribution in [0.5, 0.6) is 0 Å². The van der Waals surface area contributed by atoms with Gasteiger partial charge < -0.3 is 19.4 Å². The molecule has 0 amide bonds. The first kappa shape index (κ1) is 19.8. The number of rotatable bonds is 8. The summed E-state index contributed by atoms with van der Waals surface area (Å²) in [6.45, 7) is 4.10. The molecule has 0 aliphatic heterocycles. The van der Waals surface area contributed by atoms with Gasteiger partial charge in [0, 0.05) is 18.9 Å². The zero-order chi connectivity index (χ0) is 19.6. The number of aromatic nitrogens is 1. The van der Waals surface area contributed by atoms with Crippen LogP contribution in [0, 0.1) is 11.3 Å². The van der Waals surface area contributed by atoms with E-state index in [4.69, 9.17) is 9.47 Å². The van der Waals surface area contributed by atoms with E-state index in [1.165, 1.54) is 6.20 Å². The normalized spacial score (nSPS) is 9.81. The van der Waals surface area contributed by atoms with E-state index >= 15 is 0 Å². The van der Waals surface area contributed by atoms with Gasteiger partial charge in [0.1, 0.15) is 11.9 Å². The summed E-state index contributed by atoms with van der Waals surface area (Å²) in [5.74, 6) is -0.989. The third-order valence-electron chi connectivity index (χ3n) is 3.58. The number of benzene rings is 1. The van der Waals surface area contributed by atoms with Gasteiger partial charge in [-0.1, -0.05) is 30.3 Å². The Morgan fingerprint density at radius 2 is 1.78 bits per heavy atom. The molecule has 0 spiro atoms. The monoisotopic (exact) mass is 367 g/mol. The van der Waals surface area contributed by atoms with Crippen molar-refractivity contribution in [3.8, 4) is 6.07 Å². The highest BCUT2D eigenvalue weighted by Gasteiger charge is 2.21. The topological polar surface area (TPSA) is 93.4 Å². The first-order valence-electron chi connectivity index (χ1n) is 8.54. The van der Waals surface area contributed by atoms with Crippen LogP contribution in [-0.4, -0.2) is 29.7 Å². The molecule has 0 saturated carbocycles. The van der Waals surface area contributed by atoms with E-state index in [1.807, 2.05) is 34.9 Å². The maximum atomic E-state index is 12.0. The number of esters is 2. The number of carbonyl (C=O) groups excluding carboxylic acids is 2. The van der Waals surface area contributed by atoms with Gasteiger partial charge in [-0.3, -0.25) is 0 Å². The molecular weight excluding hydrogens is 346 g/mol. The molecule has 0 fully saturated rings. The molecule has 0 aliphatic carbocycles. The van der Waals surface area contributed by atoms with Gasteiger partial charge in [-0.15, -0.1) is 0 Å². The third kappa shape index (κ3) is 5.47. The quantitative estimate of drug-likeness (QED) is 0.334. The zero-order valence-electron chi connectivity index (χ0n) is 15.3. The van der Waals surface area contributed by atoms with Crippen LogP contribution in [0.2, 0.25) is 0 Å². The lowest BCUT2D eigenvalue weighted by Crippen LogP contribution is -2.19.